The van der Waals surface area contributed by atoms with Crippen LogP contribution in [0.5, 0.6) is 5.88 Å². The summed E-state index contributed by atoms with van der Waals surface area (Å²) in [5, 5.41) is 0. The lowest BCUT2D eigenvalue weighted by atomic mass is 9.63. The molecule has 1 aromatic heterocycles. The van der Waals surface area contributed by atoms with E-state index < -0.39 is 10.0 Å². The van der Waals surface area contributed by atoms with E-state index in [0.29, 0.717) is 24.1 Å². The third-order valence-corrected chi connectivity index (χ3v) is 9.09. The standard InChI is InChI=1S/C30H38N4O3S/c1-18-8-6-9-19(2)27(18)25-15-26-33-29(32-25)34-38(35,36)24-11-7-10-20(14-24)28(21-12-23(31)13-21)22(17-37-26)16-30(3,4)5/h6-11,14-15,21-23,28H,12-13,16-17,31H2,1-5H3,(H,32,33,34)/t21?,22-,23?,28?/m1/s1. The molecule has 0 amide bonds. The highest BCUT2D eigenvalue weighted by Crippen LogP contribution is 2.47. The second kappa shape index (κ2) is 9.97. The fourth-order valence-corrected chi connectivity index (χ4v) is 7.16. The molecule has 8 heteroatoms. The van der Waals surface area contributed by atoms with Crippen LogP contribution in [0.3, 0.4) is 0 Å². The number of fused-ring (bicyclic) bond motifs is 4. The fraction of sp³-hybridized carbons (Fsp3) is 0.467. The molecule has 1 aliphatic heterocycles. The number of nitrogens with zero attached hydrogens (tertiary/aromatic N) is 2. The Morgan fingerprint density at radius 3 is 2.37 bits per heavy atom. The van der Waals surface area contributed by atoms with Crippen LogP contribution in [0.1, 0.15) is 62.6 Å². The van der Waals surface area contributed by atoms with Gasteiger partial charge in [-0.3, -0.25) is 0 Å². The Labute approximate surface area is 226 Å². The van der Waals surface area contributed by atoms with Gasteiger partial charge in [0.15, 0.2) is 0 Å². The van der Waals surface area contributed by atoms with Crippen molar-refractivity contribution < 1.29 is 13.2 Å². The van der Waals surface area contributed by atoms with E-state index in [4.69, 9.17) is 10.5 Å². The third kappa shape index (κ3) is 5.57. The average Bonchev–Trinajstić information content (AvgIpc) is 2.80. The number of nitrogens with one attached hydrogen (secondary N) is 1. The quantitative estimate of drug-likeness (QED) is 0.438. The second-order valence-electron chi connectivity index (χ2n) is 12.2. The van der Waals surface area contributed by atoms with E-state index in [1.165, 1.54) is 0 Å². The average molecular weight is 535 g/mol. The predicted octanol–water partition coefficient (Wildman–Crippen LogP) is 5.83. The first-order valence-electron chi connectivity index (χ1n) is 13.4. The minimum Gasteiger partial charge on any atom is -0.477 e. The van der Waals surface area contributed by atoms with Crippen LogP contribution < -0.4 is 15.2 Å². The minimum atomic E-state index is -3.92. The molecule has 2 heterocycles. The summed E-state index contributed by atoms with van der Waals surface area (Å²) < 4.78 is 36.1. The molecule has 2 aromatic carbocycles. The number of rotatable bonds is 3. The zero-order chi connectivity index (χ0) is 27.2. The number of hydrogen-bond donors (Lipinski definition) is 2. The summed E-state index contributed by atoms with van der Waals surface area (Å²) in [5.41, 5.74) is 11.0. The Morgan fingerprint density at radius 2 is 1.71 bits per heavy atom. The van der Waals surface area contributed by atoms with E-state index in [0.717, 1.165) is 41.5 Å². The van der Waals surface area contributed by atoms with Crippen molar-refractivity contribution in [3.63, 3.8) is 0 Å². The zero-order valence-electron chi connectivity index (χ0n) is 22.9. The van der Waals surface area contributed by atoms with Crippen molar-refractivity contribution in [1.82, 2.24) is 9.97 Å². The summed E-state index contributed by atoms with van der Waals surface area (Å²) in [6, 6.07) is 15.4. The van der Waals surface area contributed by atoms with Crippen LogP contribution in [-0.4, -0.2) is 31.0 Å². The molecule has 38 heavy (non-hydrogen) atoms. The summed E-state index contributed by atoms with van der Waals surface area (Å²) in [6.07, 6.45) is 2.77. The molecule has 2 atom stereocenters. The van der Waals surface area contributed by atoms with Gasteiger partial charge in [0.1, 0.15) is 0 Å². The Hall–Kier alpha value is -2.97. The van der Waals surface area contributed by atoms with E-state index >= 15 is 0 Å². The van der Waals surface area contributed by atoms with Crippen molar-refractivity contribution in [1.29, 1.82) is 0 Å². The number of benzene rings is 2. The summed E-state index contributed by atoms with van der Waals surface area (Å²) in [7, 11) is -3.92. The van der Waals surface area contributed by atoms with Crippen LogP contribution in [-0.2, 0) is 10.0 Å². The maximum absolute atomic E-state index is 13.5. The lowest BCUT2D eigenvalue weighted by Crippen LogP contribution is -2.42. The first-order valence-corrected chi connectivity index (χ1v) is 14.8. The van der Waals surface area contributed by atoms with Gasteiger partial charge in [-0.05, 0) is 79.2 Å². The fourth-order valence-electron chi connectivity index (χ4n) is 6.16. The molecule has 2 aliphatic rings. The highest BCUT2D eigenvalue weighted by Gasteiger charge is 2.40. The summed E-state index contributed by atoms with van der Waals surface area (Å²) in [5.74, 6) is 1.02. The van der Waals surface area contributed by atoms with E-state index in [1.807, 2.05) is 56.3 Å². The molecule has 3 aromatic rings. The normalized spacial score (nSPS) is 24.7. The van der Waals surface area contributed by atoms with Crippen LogP contribution in [0.4, 0.5) is 5.95 Å². The van der Waals surface area contributed by atoms with E-state index in [9.17, 15) is 8.42 Å². The van der Waals surface area contributed by atoms with E-state index in [2.05, 4.69) is 35.5 Å². The third-order valence-electron chi connectivity index (χ3n) is 7.77. The lowest BCUT2D eigenvalue weighted by molar-refractivity contribution is 0.106. The lowest BCUT2D eigenvalue weighted by Gasteiger charge is -2.44. The number of aryl methyl sites for hydroxylation is 2. The monoisotopic (exact) mass is 534 g/mol. The number of nitrogens with two attached hydrogens (primary N) is 1. The molecule has 0 spiro atoms. The second-order valence-corrected chi connectivity index (χ2v) is 13.9. The smallest absolute Gasteiger partial charge is 0.264 e. The predicted molar refractivity (Wildman–Crippen MR) is 151 cm³/mol. The molecular formula is C30H38N4O3S. The van der Waals surface area contributed by atoms with Gasteiger partial charge in [-0.15, -0.1) is 0 Å². The van der Waals surface area contributed by atoms with Gasteiger partial charge in [0.25, 0.3) is 10.0 Å². The van der Waals surface area contributed by atoms with Crippen molar-refractivity contribution in [2.24, 2.45) is 23.0 Å². The van der Waals surface area contributed by atoms with Crippen LogP contribution in [0.2, 0.25) is 0 Å². The van der Waals surface area contributed by atoms with Crippen LogP contribution in [0, 0.1) is 31.1 Å². The van der Waals surface area contributed by atoms with Crippen molar-refractivity contribution in [2.75, 3.05) is 11.3 Å². The van der Waals surface area contributed by atoms with Gasteiger partial charge in [-0.1, -0.05) is 51.1 Å². The Kier molecular flexibility index (Phi) is 6.99. The number of hydrogen-bond acceptors (Lipinski definition) is 6. The Balaban J connectivity index is 1.66. The maximum Gasteiger partial charge on any atom is 0.264 e. The van der Waals surface area contributed by atoms with Crippen LogP contribution in [0.25, 0.3) is 11.3 Å². The molecule has 1 aliphatic carbocycles. The molecule has 0 radical (unpaired) electrons. The van der Waals surface area contributed by atoms with Crippen LogP contribution >= 0.6 is 0 Å². The largest absolute Gasteiger partial charge is 0.477 e. The van der Waals surface area contributed by atoms with Gasteiger partial charge in [-0.2, -0.15) is 4.98 Å². The minimum absolute atomic E-state index is 0.0000162. The molecular weight excluding hydrogens is 496 g/mol. The number of aromatic nitrogens is 2. The molecule has 3 N–H and O–H groups in total. The first-order chi connectivity index (χ1) is 17.9. The van der Waals surface area contributed by atoms with E-state index in [-0.39, 0.29) is 34.1 Å². The van der Waals surface area contributed by atoms with E-state index in [1.54, 1.807) is 6.07 Å². The topological polar surface area (TPSA) is 107 Å². The van der Waals surface area contributed by atoms with Gasteiger partial charge < -0.3 is 10.5 Å². The maximum atomic E-state index is 13.5. The molecule has 4 bridgehead atoms. The molecule has 1 fully saturated rings. The molecule has 202 valence electrons. The molecule has 7 nitrogen and oxygen atoms in total. The van der Waals surface area contributed by atoms with Gasteiger partial charge in [-0.25, -0.2) is 18.1 Å². The van der Waals surface area contributed by atoms with Gasteiger partial charge >= 0.3 is 0 Å². The Bertz CT molecular complexity index is 1420. The van der Waals surface area contributed by atoms with Crippen molar-refractivity contribution in [3.8, 4) is 17.1 Å². The highest BCUT2D eigenvalue weighted by atomic mass is 32.2. The molecule has 0 saturated heterocycles. The van der Waals surface area contributed by atoms with Gasteiger partial charge in [0.2, 0.25) is 11.8 Å². The Morgan fingerprint density at radius 1 is 1.03 bits per heavy atom. The summed E-state index contributed by atoms with van der Waals surface area (Å²) in [4.78, 5) is 9.32. The molecule has 5 rings (SSSR count). The molecule has 1 unspecified atom stereocenters. The van der Waals surface area contributed by atoms with Gasteiger partial charge in [0, 0.05) is 23.6 Å². The highest BCUT2D eigenvalue weighted by molar-refractivity contribution is 7.92. The first kappa shape index (κ1) is 26.6. The van der Waals surface area contributed by atoms with Crippen molar-refractivity contribution >= 4 is 16.0 Å². The number of ether oxygens (including phenoxy) is 1. The number of sulfonamides is 1. The van der Waals surface area contributed by atoms with Gasteiger partial charge in [0.05, 0.1) is 17.2 Å². The van der Waals surface area contributed by atoms with Crippen molar-refractivity contribution in [2.45, 2.75) is 70.7 Å². The SMILES string of the molecule is Cc1cccc(C)c1-c1cc2nc(n1)NS(=O)(=O)c1cccc(c1)C(C1CC(N)C1)[C@H](CC(C)(C)C)CO2. The van der Waals surface area contributed by atoms with Crippen LogP contribution in [0.15, 0.2) is 53.4 Å². The zero-order valence-corrected chi connectivity index (χ0v) is 23.7. The van der Waals surface area contributed by atoms with Crippen molar-refractivity contribution in [3.05, 3.63) is 65.2 Å². The molecule has 1 saturated carbocycles. The summed E-state index contributed by atoms with van der Waals surface area (Å²) >= 11 is 0. The number of anilines is 1. The summed E-state index contributed by atoms with van der Waals surface area (Å²) in [6.45, 7) is 11.2.